The minimum Gasteiger partial charge on any atom is -0.444 e. The minimum atomic E-state index is -0.491. The first-order valence-electron chi connectivity index (χ1n) is 7.44. The summed E-state index contributed by atoms with van der Waals surface area (Å²) in [5.41, 5.74) is 2.90. The molecule has 21 heavy (non-hydrogen) atoms. The summed E-state index contributed by atoms with van der Waals surface area (Å²) < 4.78 is 5.32. The maximum absolute atomic E-state index is 11.9. The maximum Gasteiger partial charge on any atom is 0.408 e. The van der Waals surface area contributed by atoms with Crippen LogP contribution in [0.4, 0.5) is 4.79 Å². The van der Waals surface area contributed by atoms with Gasteiger partial charge in [0.05, 0.1) is 6.04 Å². The minimum absolute atomic E-state index is 0.00567. The highest BCUT2D eigenvalue weighted by Crippen LogP contribution is 2.30. The summed E-state index contributed by atoms with van der Waals surface area (Å²) in [5, 5.41) is 2.95. The van der Waals surface area contributed by atoms with Crippen LogP contribution in [-0.2, 0) is 22.4 Å². The number of hydrogen-bond acceptors (Lipinski definition) is 3. The second-order valence-corrected chi connectivity index (χ2v) is 6.50. The molecule has 1 aliphatic carbocycles. The van der Waals surface area contributed by atoms with Gasteiger partial charge in [0.15, 0.2) is 0 Å². The number of carbonyl (C=O) groups is 2. The highest BCUT2D eigenvalue weighted by atomic mass is 16.6. The molecule has 0 unspecified atom stereocenters. The predicted molar refractivity (Wildman–Crippen MR) is 81.3 cm³/mol. The number of benzene rings is 1. The van der Waals surface area contributed by atoms with Crippen molar-refractivity contribution in [2.24, 2.45) is 0 Å². The molecule has 0 spiro atoms. The number of carbonyl (C=O) groups excluding carboxylic acids is 2. The summed E-state index contributed by atoms with van der Waals surface area (Å²) in [6, 6.07) is 6.05. The van der Waals surface area contributed by atoms with Crippen molar-refractivity contribution in [1.29, 1.82) is 0 Å². The Balaban J connectivity index is 2.11. The van der Waals surface area contributed by atoms with E-state index in [0.717, 1.165) is 36.7 Å². The van der Waals surface area contributed by atoms with Crippen LogP contribution < -0.4 is 5.32 Å². The van der Waals surface area contributed by atoms with Crippen LogP contribution in [0.1, 0.15) is 56.3 Å². The van der Waals surface area contributed by atoms with Gasteiger partial charge in [-0.15, -0.1) is 0 Å². The van der Waals surface area contributed by atoms with Crippen LogP contribution in [0.5, 0.6) is 0 Å². The second kappa shape index (κ2) is 6.29. The van der Waals surface area contributed by atoms with Gasteiger partial charge in [-0.05, 0) is 56.7 Å². The number of hydrogen-bond donors (Lipinski definition) is 1. The molecule has 1 atom stereocenters. The van der Waals surface area contributed by atoms with E-state index in [9.17, 15) is 9.59 Å². The zero-order valence-electron chi connectivity index (χ0n) is 12.9. The van der Waals surface area contributed by atoms with Gasteiger partial charge in [0.25, 0.3) is 0 Å². The largest absolute Gasteiger partial charge is 0.444 e. The van der Waals surface area contributed by atoms with Gasteiger partial charge in [-0.1, -0.05) is 18.2 Å². The fourth-order valence-corrected chi connectivity index (χ4v) is 2.69. The maximum atomic E-state index is 11.9. The first-order chi connectivity index (χ1) is 9.89. The number of aldehydes is 1. The van der Waals surface area contributed by atoms with E-state index < -0.39 is 5.60 Å². The van der Waals surface area contributed by atoms with Crippen molar-refractivity contribution in [1.82, 2.24) is 5.32 Å². The molecule has 1 N–H and O–H groups in total. The van der Waals surface area contributed by atoms with E-state index >= 15 is 0 Å². The Morgan fingerprint density at radius 3 is 2.86 bits per heavy atom. The standard InChI is InChI=1S/C17H23NO3/c1-17(2,3)21-16(20)18-15-6-4-5-13-11-12(9-10-19)7-8-14(13)15/h7-8,10-11,15H,4-6,9H2,1-3H3,(H,18,20)/t15-/m1/s1. The van der Waals surface area contributed by atoms with Crippen molar-refractivity contribution in [3.63, 3.8) is 0 Å². The molecule has 0 fully saturated rings. The number of aryl methyl sites for hydroxylation is 1. The molecule has 1 amide bonds. The smallest absolute Gasteiger partial charge is 0.408 e. The number of rotatable bonds is 3. The summed E-state index contributed by atoms with van der Waals surface area (Å²) in [6.07, 6.45) is 3.92. The third-order valence-corrected chi connectivity index (χ3v) is 3.53. The van der Waals surface area contributed by atoms with Gasteiger partial charge in [-0.25, -0.2) is 4.79 Å². The van der Waals surface area contributed by atoms with E-state index in [4.69, 9.17) is 4.74 Å². The van der Waals surface area contributed by atoms with Crippen molar-refractivity contribution in [3.05, 3.63) is 34.9 Å². The van der Waals surface area contributed by atoms with E-state index in [1.54, 1.807) is 0 Å². The van der Waals surface area contributed by atoms with Gasteiger partial charge in [-0.2, -0.15) is 0 Å². The van der Waals surface area contributed by atoms with Crippen molar-refractivity contribution < 1.29 is 14.3 Å². The molecule has 4 heteroatoms. The number of fused-ring (bicyclic) bond motifs is 1. The SMILES string of the molecule is CC(C)(C)OC(=O)N[C@@H]1CCCc2cc(CC=O)ccc21. The topological polar surface area (TPSA) is 55.4 Å². The van der Waals surface area contributed by atoms with Gasteiger partial charge in [0, 0.05) is 6.42 Å². The summed E-state index contributed by atoms with van der Waals surface area (Å²) in [5.74, 6) is 0. The molecular weight excluding hydrogens is 266 g/mol. The molecule has 0 aliphatic heterocycles. The van der Waals surface area contributed by atoms with Crippen molar-refractivity contribution in [2.45, 2.75) is 58.1 Å². The third kappa shape index (κ3) is 4.31. The highest BCUT2D eigenvalue weighted by molar-refractivity contribution is 5.68. The van der Waals surface area contributed by atoms with Gasteiger partial charge in [0.2, 0.25) is 0 Å². The van der Waals surface area contributed by atoms with Crippen LogP contribution in [0.15, 0.2) is 18.2 Å². The van der Waals surface area contributed by atoms with Gasteiger partial charge < -0.3 is 14.8 Å². The Bertz CT molecular complexity index is 531. The van der Waals surface area contributed by atoms with Crippen LogP contribution in [0, 0.1) is 0 Å². The highest BCUT2D eigenvalue weighted by Gasteiger charge is 2.24. The third-order valence-electron chi connectivity index (χ3n) is 3.53. The number of nitrogens with one attached hydrogen (secondary N) is 1. The van der Waals surface area contributed by atoms with Gasteiger partial charge in [0.1, 0.15) is 11.9 Å². The van der Waals surface area contributed by atoms with E-state index in [-0.39, 0.29) is 12.1 Å². The fourth-order valence-electron chi connectivity index (χ4n) is 2.69. The van der Waals surface area contributed by atoms with E-state index in [1.165, 1.54) is 5.56 Å². The van der Waals surface area contributed by atoms with Crippen molar-refractivity contribution >= 4 is 12.4 Å². The molecule has 0 saturated heterocycles. The number of alkyl carbamates (subject to hydrolysis) is 1. The zero-order valence-corrected chi connectivity index (χ0v) is 12.9. The van der Waals surface area contributed by atoms with Gasteiger partial charge in [-0.3, -0.25) is 0 Å². The van der Waals surface area contributed by atoms with Crippen LogP contribution >= 0.6 is 0 Å². The molecule has 0 radical (unpaired) electrons. The lowest BCUT2D eigenvalue weighted by Crippen LogP contribution is -2.36. The summed E-state index contributed by atoms with van der Waals surface area (Å²) in [7, 11) is 0. The van der Waals surface area contributed by atoms with Gasteiger partial charge >= 0.3 is 6.09 Å². The molecule has 1 aromatic rings. The normalized spacial score (nSPS) is 17.8. The van der Waals surface area contributed by atoms with Crippen molar-refractivity contribution in [2.75, 3.05) is 0 Å². The molecule has 0 bridgehead atoms. The molecule has 2 rings (SSSR count). The van der Waals surface area contributed by atoms with Crippen molar-refractivity contribution in [3.8, 4) is 0 Å². The van der Waals surface area contributed by atoms with E-state index in [2.05, 4.69) is 11.4 Å². The zero-order chi connectivity index (χ0) is 15.5. The quantitative estimate of drug-likeness (QED) is 0.868. The molecule has 4 nitrogen and oxygen atoms in total. The lowest BCUT2D eigenvalue weighted by molar-refractivity contribution is -0.107. The van der Waals surface area contributed by atoms with Crippen LogP contribution in [-0.4, -0.2) is 18.0 Å². The summed E-state index contributed by atoms with van der Waals surface area (Å²) >= 11 is 0. The molecule has 0 heterocycles. The molecule has 0 saturated carbocycles. The average Bonchev–Trinajstić information content (AvgIpc) is 2.37. The summed E-state index contributed by atoms with van der Waals surface area (Å²) in [4.78, 5) is 22.5. The Labute approximate surface area is 125 Å². The number of amides is 1. The monoisotopic (exact) mass is 289 g/mol. The van der Waals surface area contributed by atoms with E-state index in [1.807, 2.05) is 32.9 Å². The van der Waals surface area contributed by atoms with Crippen LogP contribution in [0.25, 0.3) is 0 Å². The predicted octanol–water partition coefficient (Wildman–Crippen LogP) is 3.33. The molecule has 1 aliphatic rings. The summed E-state index contributed by atoms with van der Waals surface area (Å²) in [6.45, 7) is 5.56. The van der Waals surface area contributed by atoms with E-state index in [0.29, 0.717) is 6.42 Å². The molecule has 1 aromatic carbocycles. The Morgan fingerprint density at radius 2 is 2.19 bits per heavy atom. The fraction of sp³-hybridized carbons (Fsp3) is 0.529. The Hall–Kier alpha value is -1.84. The first kappa shape index (κ1) is 15.5. The Morgan fingerprint density at radius 1 is 1.43 bits per heavy atom. The second-order valence-electron chi connectivity index (χ2n) is 6.50. The molecule has 0 aromatic heterocycles. The molecular formula is C17H23NO3. The van der Waals surface area contributed by atoms with Crippen LogP contribution in [0.3, 0.4) is 0 Å². The number of ether oxygens (including phenoxy) is 1. The Kier molecular flexibility index (Phi) is 4.66. The lowest BCUT2D eigenvalue weighted by atomic mass is 9.86. The first-order valence-corrected chi connectivity index (χ1v) is 7.44. The average molecular weight is 289 g/mol. The van der Waals surface area contributed by atoms with Crippen LogP contribution in [0.2, 0.25) is 0 Å². The molecule has 114 valence electrons. The lowest BCUT2D eigenvalue weighted by Gasteiger charge is -2.28.